The van der Waals surface area contributed by atoms with Gasteiger partial charge in [-0.15, -0.1) is 0 Å². The van der Waals surface area contributed by atoms with Crippen LogP contribution in [0.4, 0.5) is 11.8 Å². The Bertz CT molecular complexity index is 1320. The molecule has 0 bridgehead atoms. The number of carbonyl (C=O) groups is 2. The van der Waals surface area contributed by atoms with Crippen LogP contribution in [-0.4, -0.2) is 34.0 Å². The van der Waals surface area contributed by atoms with Crippen molar-refractivity contribution in [3.05, 3.63) is 87.5 Å². The summed E-state index contributed by atoms with van der Waals surface area (Å²) < 4.78 is 0. The van der Waals surface area contributed by atoms with Gasteiger partial charge in [0.25, 0.3) is 0 Å². The molecule has 4 rings (SSSR count). The van der Waals surface area contributed by atoms with Crippen molar-refractivity contribution in [3.8, 4) is 0 Å². The zero-order chi connectivity index (χ0) is 25.5. The fourth-order valence-corrected chi connectivity index (χ4v) is 3.76. The minimum atomic E-state index is -0.573. The molecule has 0 saturated carbocycles. The Labute approximate surface area is 218 Å². The number of aromatic nitrogens is 2. The van der Waals surface area contributed by atoms with Crippen LogP contribution in [0.3, 0.4) is 0 Å². The molecule has 8 nitrogen and oxygen atoms in total. The Morgan fingerprint density at radius 2 is 1.81 bits per heavy atom. The van der Waals surface area contributed by atoms with Gasteiger partial charge in [0.15, 0.2) is 0 Å². The van der Waals surface area contributed by atoms with E-state index in [1.807, 2.05) is 30.3 Å². The minimum absolute atomic E-state index is 0.192. The number of aliphatic imine (C=N–C) groups is 1. The molecule has 0 unspecified atom stereocenters. The Morgan fingerprint density at radius 1 is 1.00 bits per heavy atom. The molecule has 0 saturated heterocycles. The molecule has 1 aromatic heterocycles. The number of allylic oxidation sites excluding steroid dienone is 1. The number of hydrogen-bond acceptors (Lipinski definition) is 6. The van der Waals surface area contributed by atoms with Crippen LogP contribution in [0.1, 0.15) is 30.2 Å². The Morgan fingerprint density at radius 3 is 2.53 bits per heavy atom. The molecule has 2 heterocycles. The zero-order valence-corrected chi connectivity index (χ0v) is 21.0. The third-order valence-corrected chi connectivity index (χ3v) is 5.83. The van der Waals surface area contributed by atoms with E-state index in [1.54, 1.807) is 37.3 Å². The highest BCUT2D eigenvalue weighted by Crippen LogP contribution is 2.21. The molecule has 3 N–H and O–H groups in total. The van der Waals surface area contributed by atoms with Crippen LogP contribution in [0.25, 0.3) is 5.57 Å². The lowest BCUT2D eigenvalue weighted by Gasteiger charge is -2.17. The average molecular weight is 523 g/mol. The van der Waals surface area contributed by atoms with Crippen molar-refractivity contribution >= 4 is 58.6 Å². The van der Waals surface area contributed by atoms with Crippen LogP contribution >= 0.6 is 23.2 Å². The van der Waals surface area contributed by atoms with Gasteiger partial charge < -0.3 is 16.0 Å². The maximum Gasteiger partial charge on any atom is 0.249 e. The number of anilines is 2. The van der Waals surface area contributed by atoms with Crippen molar-refractivity contribution in [1.82, 2.24) is 15.3 Å². The molecule has 2 aromatic carbocycles. The van der Waals surface area contributed by atoms with E-state index in [2.05, 4.69) is 30.9 Å². The summed E-state index contributed by atoms with van der Waals surface area (Å²) in [5.74, 6) is 0.405. The number of carbonyl (C=O) groups excluding carboxylic acids is 2. The molecule has 1 atom stereocenters. The predicted molar refractivity (Wildman–Crippen MR) is 143 cm³/mol. The van der Waals surface area contributed by atoms with Crippen molar-refractivity contribution in [2.24, 2.45) is 4.99 Å². The fraction of sp³-hybridized carbons (Fsp3) is 0.192. The number of amides is 2. The largest absolute Gasteiger partial charge is 0.358 e. The van der Waals surface area contributed by atoms with E-state index in [0.717, 1.165) is 11.1 Å². The highest BCUT2D eigenvalue weighted by Gasteiger charge is 2.16. The SMILES string of the molecule is C[C@@H](Nc1cc(C2=CCC(=O)N=C2)nc(NCc2cccc(Cl)c2)n1)C(=O)NCc1ccc(Cl)cc1. The van der Waals surface area contributed by atoms with E-state index in [4.69, 9.17) is 23.2 Å². The lowest BCUT2D eigenvalue weighted by molar-refractivity contribution is -0.121. The molecule has 10 heteroatoms. The van der Waals surface area contributed by atoms with Gasteiger partial charge in [-0.1, -0.05) is 53.5 Å². The number of nitrogens with zero attached hydrogens (tertiary/aromatic N) is 3. The second kappa shape index (κ2) is 11.8. The molecule has 0 aliphatic carbocycles. The lowest BCUT2D eigenvalue weighted by Crippen LogP contribution is -2.37. The number of dihydropyridines is 1. The molecule has 1 aliphatic rings. The summed E-state index contributed by atoms with van der Waals surface area (Å²) in [6, 6.07) is 15.9. The Kier molecular flexibility index (Phi) is 8.30. The predicted octanol–water partition coefficient (Wildman–Crippen LogP) is 4.90. The van der Waals surface area contributed by atoms with E-state index in [-0.39, 0.29) is 18.2 Å². The van der Waals surface area contributed by atoms with Gasteiger partial charge in [-0.25, -0.2) is 9.98 Å². The van der Waals surface area contributed by atoms with Crippen LogP contribution < -0.4 is 16.0 Å². The fourth-order valence-electron chi connectivity index (χ4n) is 3.42. The monoisotopic (exact) mass is 522 g/mol. The van der Waals surface area contributed by atoms with E-state index in [1.165, 1.54) is 6.21 Å². The normalized spacial score (nSPS) is 13.6. The first-order valence-corrected chi connectivity index (χ1v) is 12.0. The van der Waals surface area contributed by atoms with Crippen molar-refractivity contribution in [1.29, 1.82) is 0 Å². The van der Waals surface area contributed by atoms with E-state index in [9.17, 15) is 9.59 Å². The van der Waals surface area contributed by atoms with Gasteiger partial charge in [0.05, 0.1) is 5.69 Å². The first-order chi connectivity index (χ1) is 17.4. The van der Waals surface area contributed by atoms with Crippen LogP contribution in [0.15, 0.2) is 65.7 Å². The minimum Gasteiger partial charge on any atom is -0.358 e. The van der Waals surface area contributed by atoms with Gasteiger partial charge >= 0.3 is 0 Å². The van der Waals surface area contributed by atoms with E-state index < -0.39 is 6.04 Å². The number of halogens is 2. The summed E-state index contributed by atoms with van der Waals surface area (Å²) in [5, 5.41) is 10.5. The number of benzene rings is 2. The third-order valence-electron chi connectivity index (χ3n) is 5.34. The van der Waals surface area contributed by atoms with Crippen LogP contribution in [0.5, 0.6) is 0 Å². The summed E-state index contributed by atoms with van der Waals surface area (Å²) in [6.45, 7) is 2.57. The molecule has 184 valence electrons. The Balaban J connectivity index is 1.48. The highest BCUT2D eigenvalue weighted by molar-refractivity contribution is 6.30. The van der Waals surface area contributed by atoms with Gasteiger partial charge in [0, 0.05) is 47.4 Å². The molecule has 3 aromatic rings. The second-order valence-corrected chi connectivity index (χ2v) is 9.04. The topological polar surface area (TPSA) is 108 Å². The quantitative estimate of drug-likeness (QED) is 0.369. The number of hydrogen-bond donors (Lipinski definition) is 3. The van der Waals surface area contributed by atoms with Crippen molar-refractivity contribution < 1.29 is 9.59 Å². The third kappa shape index (κ3) is 7.13. The lowest BCUT2D eigenvalue weighted by atomic mass is 10.1. The molecule has 0 radical (unpaired) electrons. The average Bonchev–Trinajstić information content (AvgIpc) is 2.87. The summed E-state index contributed by atoms with van der Waals surface area (Å²) in [7, 11) is 0. The molecule has 36 heavy (non-hydrogen) atoms. The number of rotatable bonds is 9. The molecule has 0 fully saturated rings. The van der Waals surface area contributed by atoms with E-state index in [0.29, 0.717) is 46.2 Å². The molecule has 0 spiro atoms. The standard InChI is InChI=1S/C26H24Cl2N6O2/c1-16(25(36)30-13-17-5-8-20(27)9-6-17)32-23-12-22(19-7-10-24(35)29-15-19)33-26(34-23)31-14-18-3-2-4-21(28)11-18/h2-9,11-12,15-16H,10,13-14H2,1H3,(H,30,36)(H2,31,32,33,34)/t16-/m1/s1. The zero-order valence-electron chi connectivity index (χ0n) is 19.5. The maximum absolute atomic E-state index is 12.7. The molecular weight excluding hydrogens is 499 g/mol. The molecule has 1 aliphatic heterocycles. The Hall–Kier alpha value is -3.75. The molecule has 2 amide bonds. The van der Waals surface area contributed by atoms with Gasteiger partial charge in [-0.3, -0.25) is 9.59 Å². The van der Waals surface area contributed by atoms with Crippen molar-refractivity contribution in [2.45, 2.75) is 32.5 Å². The summed E-state index contributed by atoms with van der Waals surface area (Å²) >= 11 is 12.0. The molecular formula is C26H24Cl2N6O2. The van der Waals surface area contributed by atoms with Gasteiger partial charge in [-0.2, -0.15) is 4.98 Å². The second-order valence-electron chi connectivity index (χ2n) is 8.17. The van der Waals surface area contributed by atoms with Crippen molar-refractivity contribution in [2.75, 3.05) is 10.6 Å². The van der Waals surface area contributed by atoms with Crippen LogP contribution in [-0.2, 0) is 22.7 Å². The van der Waals surface area contributed by atoms with Gasteiger partial charge in [0.1, 0.15) is 11.9 Å². The number of nitrogens with one attached hydrogen (secondary N) is 3. The van der Waals surface area contributed by atoms with Crippen molar-refractivity contribution in [3.63, 3.8) is 0 Å². The smallest absolute Gasteiger partial charge is 0.249 e. The van der Waals surface area contributed by atoms with Crippen LogP contribution in [0, 0.1) is 0 Å². The summed E-state index contributed by atoms with van der Waals surface area (Å²) in [4.78, 5) is 37.2. The van der Waals surface area contributed by atoms with Gasteiger partial charge in [0.2, 0.25) is 17.8 Å². The van der Waals surface area contributed by atoms with Crippen LogP contribution in [0.2, 0.25) is 10.0 Å². The highest BCUT2D eigenvalue weighted by atomic mass is 35.5. The first-order valence-electron chi connectivity index (χ1n) is 11.3. The van der Waals surface area contributed by atoms with E-state index >= 15 is 0 Å². The summed E-state index contributed by atoms with van der Waals surface area (Å²) in [5.41, 5.74) is 3.18. The maximum atomic E-state index is 12.7. The first kappa shape index (κ1) is 25.3. The summed E-state index contributed by atoms with van der Waals surface area (Å²) in [6.07, 6.45) is 3.46. The van der Waals surface area contributed by atoms with Gasteiger partial charge in [-0.05, 0) is 42.3 Å².